The van der Waals surface area contributed by atoms with Gasteiger partial charge in [-0.25, -0.2) is 4.68 Å². The zero-order chi connectivity index (χ0) is 21.1. The Morgan fingerprint density at radius 2 is 2.00 bits per heavy atom. The van der Waals surface area contributed by atoms with Gasteiger partial charge in [0.1, 0.15) is 4.83 Å². The van der Waals surface area contributed by atoms with Crippen molar-refractivity contribution in [2.24, 2.45) is 0 Å². The van der Waals surface area contributed by atoms with E-state index < -0.39 is 0 Å². The molecule has 1 N–H and O–H groups in total. The topological polar surface area (TPSA) is 59.4 Å². The summed E-state index contributed by atoms with van der Waals surface area (Å²) in [4.78, 5) is 17.1. The number of hydrogen-bond acceptors (Lipinski definition) is 5. The standard InChI is InChI=1S/C23H30N4O2S/c1-16-20-15-21(30-23(20)27(25-16)19-7-5-4-6-8-19)22(28)24-17-9-11-18(12-10-17)26(2)13-14-29-3/h4-8,15,17-18H,9-14H2,1-3H3,(H,24,28). The van der Waals surface area contributed by atoms with Gasteiger partial charge in [0.2, 0.25) is 0 Å². The van der Waals surface area contributed by atoms with E-state index >= 15 is 0 Å². The molecule has 0 aliphatic heterocycles. The number of methoxy groups -OCH3 is 1. The van der Waals surface area contributed by atoms with Gasteiger partial charge in [0.25, 0.3) is 5.91 Å². The lowest BCUT2D eigenvalue weighted by molar-refractivity contribution is 0.0900. The number of fused-ring (bicyclic) bond motifs is 1. The number of aromatic nitrogens is 2. The Hall–Kier alpha value is -2.22. The van der Waals surface area contributed by atoms with Gasteiger partial charge in [-0.1, -0.05) is 18.2 Å². The van der Waals surface area contributed by atoms with Crippen molar-refractivity contribution in [2.45, 2.75) is 44.7 Å². The Morgan fingerprint density at radius 3 is 2.70 bits per heavy atom. The first-order valence-corrected chi connectivity index (χ1v) is 11.4. The molecule has 1 aliphatic carbocycles. The largest absolute Gasteiger partial charge is 0.383 e. The Morgan fingerprint density at radius 1 is 1.27 bits per heavy atom. The molecule has 1 aromatic carbocycles. The first kappa shape index (κ1) is 21.0. The van der Waals surface area contributed by atoms with E-state index in [9.17, 15) is 4.79 Å². The molecule has 6 nitrogen and oxygen atoms in total. The van der Waals surface area contributed by atoms with Gasteiger partial charge in [-0.05, 0) is 57.9 Å². The van der Waals surface area contributed by atoms with E-state index in [1.54, 1.807) is 7.11 Å². The summed E-state index contributed by atoms with van der Waals surface area (Å²) in [6, 6.07) is 12.9. The lowest BCUT2D eigenvalue weighted by Gasteiger charge is -2.34. The van der Waals surface area contributed by atoms with E-state index in [0.717, 1.165) is 65.3 Å². The minimum absolute atomic E-state index is 0.0337. The first-order chi connectivity index (χ1) is 14.6. The number of benzene rings is 1. The molecule has 1 saturated carbocycles. The fourth-order valence-corrected chi connectivity index (χ4v) is 5.32. The second-order valence-corrected chi connectivity index (χ2v) is 9.15. The SMILES string of the molecule is COCCN(C)C1CCC(NC(=O)c2cc3c(C)nn(-c4ccccc4)c3s2)CC1. The zero-order valence-electron chi connectivity index (χ0n) is 17.9. The summed E-state index contributed by atoms with van der Waals surface area (Å²) in [7, 11) is 3.91. The number of para-hydroxylation sites is 1. The van der Waals surface area contributed by atoms with E-state index in [1.165, 1.54) is 11.3 Å². The summed E-state index contributed by atoms with van der Waals surface area (Å²) in [6.07, 6.45) is 4.27. The number of carbonyl (C=O) groups is 1. The van der Waals surface area contributed by atoms with E-state index in [2.05, 4.69) is 22.4 Å². The van der Waals surface area contributed by atoms with Crippen LogP contribution >= 0.6 is 11.3 Å². The number of ether oxygens (including phenoxy) is 1. The average Bonchev–Trinajstić information content (AvgIpc) is 3.34. The lowest BCUT2D eigenvalue weighted by atomic mass is 9.90. The van der Waals surface area contributed by atoms with Crippen LogP contribution in [0, 0.1) is 6.92 Å². The van der Waals surface area contributed by atoms with Crippen molar-refractivity contribution < 1.29 is 9.53 Å². The third kappa shape index (κ3) is 4.43. The Balaban J connectivity index is 1.41. The second kappa shape index (κ2) is 9.29. The van der Waals surface area contributed by atoms with Crippen LogP contribution in [0.25, 0.3) is 15.9 Å². The molecule has 7 heteroatoms. The minimum Gasteiger partial charge on any atom is -0.383 e. The number of rotatable bonds is 7. The highest BCUT2D eigenvalue weighted by atomic mass is 32.1. The van der Waals surface area contributed by atoms with Crippen LogP contribution in [0.5, 0.6) is 0 Å². The van der Waals surface area contributed by atoms with Gasteiger partial charge in [0.15, 0.2) is 0 Å². The molecule has 0 unspecified atom stereocenters. The smallest absolute Gasteiger partial charge is 0.261 e. The van der Waals surface area contributed by atoms with Crippen LogP contribution in [-0.2, 0) is 4.74 Å². The van der Waals surface area contributed by atoms with E-state index in [4.69, 9.17) is 4.74 Å². The van der Waals surface area contributed by atoms with Gasteiger partial charge in [0, 0.05) is 31.1 Å². The number of amides is 1. The summed E-state index contributed by atoms with van der Waals surface area (Å²) in [5, 5.41) is 8.98. The van der Waals surface area contributed by atoms with Crippen LogP contribution in [0.4, 0.5) is 0 Å². The van der Waals surface area contributed by atoms with Crippen LogP contribution in [0.1, 0.15) is 41.0 Å². The number of thiophene rings is 1. The maximum absolute atomic E-state index is 12.9. The number of likely N-dealkylation sites (N-methyl/N-ethyl adjacent to an activating group) is 1. The van der Waals surface area contributed by atoms with Gasteiger partial charge < -0.3 is 15.0 Å². The molecule has 0 saturated heterocycles. The van der Waals surface area contributed by atoms with E-state index in [0.29, 0.717) is 6.04 Å². The van der Waals surface area contributed by atoms with Gasteiger partial charge in [0.05, 0.1) is 22.9 Å². The molecule has 2 heterocycles. The molecule has 2 aromatic heterocycles. The molecule has 1 fully saturated rings. The molecule has 30 heavy (non-hydrogen) atoms. The summed E-state index contributed by atoms with van der Waals surface area (Å²) in [6.45, 7) is 3.72. The van der Waals surface area contributed by atoms with Crippen molar-refractivity contribution in [3.63, 3.8) is 0 Å². The highest BCUT2D eigenvalue weighted by molar-refractivity contribution is 7.20. The lowest BCUT2D eigenvalue weighted by Crippen LogP contribution is -2.43. The number of aryl methyl sites for hydroxylation is 1. The molecule has 1 amide bonds. The third-order valence-electron chi connectivity index (χ3n) is 6.07. The molecule has 4 rings (SSSR count). The fraction of sp³-hybridized carbons (Fsp3) is 0.478. The zero-order valence-corrected chi connectivity index (χ0v) is 18.7. The Bertz CT molecular complexity index is 989. The van der Waals surface area contributed by atoms with Crippen LogP contribution in [0.15, 0.2) is 36.4 Å². The maximum Gasteiger partial charge on any atom is 0.261 e. The van der Waals surface area contributed by atoms with Crippen LogP contribution < -0.4 is 5.32 Å². The van der Waals surface area contributed by atoms with Crippen LogP contribution in [0.3, 0.4) is 0 Å². The molecule has 0 bridgehead atoms. The molecule has 1 aliphatic rings. The molecular weight excluding hydrogens is 396 g/mol. The van der Waals surface area contributed by atoms with Crippen molar-refractivity contribution in [2.75, 3.05) is 27.3 Å². The predicted octanol–water partition coefficient (Wildman–Crippen LogP) is 4.01. The van der Waals surface area contributed by atoms with Crippen molar-refractivity contribution in [3.05, 3.63) is 47.0 Å². The number of nitrogens with zero attached hydrogens (tertiary/aromatic N) is 3. The van der Waals surface area contributed by atoms with Gasteiger partial charge in [-0.2, -0.15) is 5.10 Å². The molecule has 0 spiro atoms. The molecule has 160 valence electrons. The monoisotopic (exact) mass is 426 g/mol. The number of carbonyl (C=O) groups excluding carboxylic acids is 1. The molecule has 0 atom stereocenters. The maximum atomic E-state index is 12.9. The highest BCUT2D eigenvalue weighted by Gasteiger charge is 2.26. The van der Waals surface area contributed by atoms with Crippen molar-refractivity contribution in [3.8, 4) is 5.69 Å². The molecular formula is C23H30N4O2S. The van der Waals surface area contributed by atoms with Crippen molar-refractivity contribution in [1.29, 1.82) is 0 Å². The predicted molar refractivity (Wildman–Crippen MR) is 122 cm³/mol. The first-order valence-electron chi connectivity index (χ1n) is 10.6. The highest BCUT2D eigenvalue weighted by Crippen LogP contribution is 2.31. The summed E-state index contributed by atoms with van der Waals surface area (Å²) in [5.41, 5.74) is 1.96. The summed E-state index contributed by atoms with van der Waals surface area (Å²) >= 11 is 1.52. The summed E-state index contributed by atoms with van der Waals surface area (Å²) < 4.78 is 7.12. The van der Waals surface area contributed by atoms with Gasteiger partial charge in [-0.15, -0.1) is 11.3 Å². The quantitative estimate of drug-likeness (QED) is 0.620. The van der Waals surface area contributed by atoms with E-state index in [-0.39, 0.29) is 11.9 Å². The van der Waals surface area contributed by atoms with Crippen LogP contribution in [0.2, 0.25) is 0 Å². The minimum atomic E-state index is 0.0337. The molecule has 0 radical (unpaired) electrons. The average molecular weight is 427 g/mol. The summed E-state index contributed by atoms with van der Waals surface area (Å²) in [5.74, 6) is 0.0337. The van der Waals surface area contributed by atoms with Gasteiger partial charge in [-0.3, -0.25) is 4.79 Å². The Labute approximate surface area is 181 Å². The third-order valence-corrected chi connectivity index (χ3v) is 7.18. The number of hydrogen-bond donors (Lipinski definition) is 1. The second-order valence-electron chi connectivity index (χ2n) is 8.11. The molecule has 3 aromatic rings. The fourth-order valence-electron chi connectivity index (χ4n) is 4.24. The van der Waals surface area contributed by atoms with Crippen molar-refractivity contribution in [1.82, 2.24) is 20.0 Å². The van der Waals surface area contributed by atoms with E-state index in [1.807, 2.05) is 48.0 Å². The Kier molecular flexibility index (Phi) is 6.51. The number of nitrogens with one attached hydrogen (secondary N) is 1. The van der Waals surface area contributed by atoms with Crippen molar-refractivity contribution >= 4 is 27.5 Å². The normalized spacial score (nSPS) is 19.5. The van der Waals surface area contributed by atoms with Gasteiger partial charge >= 0.3 is 0 Å². The van der Waals surface area contributed by atoms with Crippen LogP contribution in [-0.4, -0.2) is 60.0 Å².